The number of aromatic carboxylic acids is 1. The summed E-state index contributed by atoms with van der Waals surface area (Å²) in [6.45, 7) is 1.07. The molecule has 2 aromatic rings. The van der Waals surface area contributed by atoms with E-state index in [1.807, 2.05) is 12.1 Å². The number of nitrogens with zero attached hydrogens (tertiary/aromatic N) is 1. The van der Waals surface area contributed by atoms with E-state index in [2.05, 4.69) is 10.3 Å². The van der Waals surface area contributed by atoms with Crippen molar-refractivity contribution in [2.45, 2.75) is 0 Å². The lowest BCUT2D eigenvalue weighted by molar-refractivity contribution is 0.0702. The van der Waals surface area contributed by atoms with Crippen molar-refractivity contribution >= 4 is 28.1 Å². The zero-order valence-corrected chi connectivity index (χ0v) is 10.6. The number of nitrogens with one attached hydrogen (secondary N) is 1. The number of carbonyl (C=O) groups is 1. The number of anilines is 2. The number of fused-ring (bicyclic) bond motifs is 1. The summed E-state index contributed by atoms with van der Waals surface area (Å²) in [5.41, 5.74) is 0.774. The van der Waals surface area contributed by atoms with Gasteiger partial charge in [-0.15, -0.1) is 0 Å². The zero-order chi connectivity index (χ0) is 13.2. The molecule has 2 heterocycles. The Kier molecular flexibility index (Phi) is 2.96. The molecule has 2 N–H and O–H groups in total. The van der Waals surface area contributed by atoms with Gasteiger partial charge in [0, 0.05) is 11.8 Å². The molecule has 0 fully saturated rings. The number of benzene rings is 1. The van der Waals surface area contributed by atoms with Crippen LogP contribution in [0.2, 0.25) is 0 Å². The van der Waals surface area contributed by atoms with Crippen LogP contribution < -0.4 is 14.8 Å². The van der Waals surface area contributed by atoms with Gasteiger partial charge in [0.15, 0.2) is 16.6 Å². The van der Waals surface area contributed by atoms with E-state index < -0.39 is 5.97 Å². The van der Waals surface area contributed by atoms with Gasteiger partial charge in [-0.3, -0.25) is 0 Å². The lowest BCUT2D eigenvalue weighted by Gasteiger charge is -2.18. The average Bonchev–Trinajstić information content (AvgIpc) is 2.87. The van der Waals surface area contributed by atoms with Crippen molar-refractivity contribution in [2.24, 2.45) is 0 Å². The second kappa shape index (κ2) is 4.77. The van der Waals surface area contributed by atoms with E-state index in [9.17, 15) is 4.79 Å². The molecule has 0 unspecified atom stereocenters. The highest BCUT2D eigenvalue weighted by atomic mass is 32.1. The Labute approximate surface area is 112 Å². The third-order valence-corrected chi connectivity index (χ3v) is 3.41. The fourth-order valence-corrected chi connectivity index (χ4v) is 2.35. The average molecular weight is 278 g/mol. The Hall–Kier alpha value is -2.28. The van der Waals surface area contributed by atoms with Crippen molar-refractivity contribution in [3.05, 3.63) is 29.3 Å². The Balaban J connectivity index is 1.80. The van der Waals surface area contributed by atoms with Gasteiger partial charge in [-0.1, -0.05) is 11.3 Å². The number of rotatable bonds is 3. The summed E-state index contributed by atoms with van der Waals surface area (Å²) in [6, 6.07) is 5.44. The zero-order valence-electron chi connectivity index (χ0n) is 9.75. The fourth-order valence-electron chi connectivity index (χ4n) is 1.68. The minimum absolute atomic E-state index is 0.194. The number of carboxylic acid groups (broad SMARTS) is 1. The fraction of sp³-hybridized carbons (Fsp3) is 0.167. The summed E-state index contributed by atoms with van der Waals surface area (Å²) in [5.74, 6) is 0.404. The third-order valence-electron chi connectivity index (χ3n) is 2.51. The number of carboxylic acids is 1. The molecule has 1 aliphatic rings. The van der Waals surface area contributed by atoms with E-state index >= 15 is 0 Å². The molecule has 1 aromatic carbocycles. The van der Waals surface area contributed by atoms with Crippen LogP contribution in [0.25, 0.3) is 0 Å². The van der Waals surface area contributed by atoms with Crippen molar-refractivity contribution in [3.8, 4) is 11.5 Å². The first kappa shape index (κ1) is 11.8. The van der Waals surface area contributed by atoms with E-state index in [0.717, 1.165) is 17.0 Å². The van der Waals surface area contributed by atoms with Crippen molar-refractivity contribution < 1.29 is 19.4 Å². The van der Waals surface area contributed by atoms with Crippen molar-refractivity contribution in [1.29, 1.82) is 0 Å². The monoisotopic (exact) mass is 278 g/mol. The predicted octanol–water partition coefficient (Wildman–Crippen LogP) is 2.36. The van der Waals surface area contributed by atoms with Crippen LogP contribution in [-0.4, -0.2) is 29.3 Å². The topological polar surface area (TPSA) is 80.7 Å². The largest absolute Gasteiger partial charge is 0.486 e. The molecule has 98 valence electrons. The summed E-state index contributed by atoms with van der Waals surface area (Å²) in [6.07, 6.45) is 1.33. The summed E-state index contributed by atoms with van der Waals surface area (Å²) in [7, 11) is 0. The highest BCUT2D eigenvalue weighted by Crippen LogP contribution is 2.34. The molecular weight excluding hydrogens is 268 g/mol. The maximum atomic E-state index is 10.8. The summed E-state index contributed by atoms with van der Waals surface area (Å²) in [4.78, 5) is 15.0. The SMILES string of the molecule is O=C(O)c1cnc(Nc2ccc3c(c2)OCCO3)s1. The van der Waals surface area contributed by atoms with Crippen LogP contribution in [-0.2, 0) is 0 Å². The highest BCUT2D eigenvalue weighted by Gasteiger charge is 2.13. The van der Waals surface area contributed by atoms with Crippen LogP contribution in [0.1, 0.15) is 9.67 Å². The van der Waals surface area contributed by atoms with Crippen LogP contribution >= 0.6 is 11.3 Å². The van der Waals surface area contributed by atoms with E-state index in [1.165, 1.54) is 6.20 Å². The third kappa shape index (κ3) is 2.45. The van der Waals surface area contributed by atoms with Gasteiger partial charge in [0.05, 0.1) is 6.20 Å². The first-order valence-corrected chi connectivity index (χ1v) is 6.40. The molecule has 0 saturated carbocycles. The quantitative estimate of drug-likeness (QED) is 0.897. The molecular formula is C12H10N2O4S. The molecule has 19 heavy (non-hydrogen) atoms. The second-order valence-electron chi connectivity index (χ2n) is 3.82. The van der Waals surface area contributed by atoms with Crippen LogP contribution in [0, 0.1) is 0 Å². The maximum absolute atomic E-state index is 10.8. The molecule has 1 aromatic heterocycles. The Morgan fingerprint density at radius 2 is 2.11 bits per heavy atom. The summed E-state index contributed by atoms with van der Waals surface area (Å²) >= 11 is 1.08. The first-order chi connectivity index (χ1) is 9.22. The van der Waals surface area contributed by atoms with Gasteiger partial charge < -0.3 is 19.9 Å². The first-order valence-electron chi connectivity index (χ1n) is 5.58. The smallest absolute Gasteiger partial charge is 0.347 e. The van der Waals surface area contributed by atoms with E-state index in [-0.39, 0.29) is 4.88 Å². The number of thiazole rings is 1. The van der Waals surface area contributed by atoms with Crippen LogP contribution in [0.4, 0.5) is 10.8 Å². The Morgan fingerprint density at radius 1 is 1.32 bits per heavy atom. The molecule has 0 bridgehead atoms. The van der Waals surface area contributed by atoms with Gasteiger partial charge in [0.25, 0.3) is 0 Å². The van der Waals surface area contributed by atoms with E-state index in [0.29, 0.717) is 29.8 Å². The molecule has 0 saturated heterocycles. The standard InChI is InChI=1S/C12H10N2O4S/c15-11(16)10-6-13-12(19-10)14-7-1-2-8-9(5-7)18-4-3-17-8/h1-2,5-6H,3-4H2,(H,13,14)(H,15,16). The van der Waals surface area contributed by atoms with Crippen molar-refractivity contribution in [3.63, 3.8) is 0 Å². The van der Waals surface area contributed by atoms with Crippen LogP contribution in [0.3, 0.4) is 0 Å². The normalized spacial score (nSPS) is 13.1. The molecule has 0 radical (unpaired) electrons. The van der Waals surface area contributed by atoms with Gasteiger partial charge in [-0.25, -0.2) is 9.78 Å². The minimum atomic E-state index is -0.979. The molecule has 1 aliphatic heterocycles. The van der Waals surface area contributed by atoms with Crippen LogP contribution in [0.15, 0.2) is 24.4 Å². The van der Waals surface area contributed by atoms with Gasteiger partial charge in [-0.05, 0) is 12.1 Å². The van der Waals surface area contributed by atoms with Crippen LogP contribution in [0.5, 0.6) is 11.5 Å². The second-order valence-corrected chi connectivity index (χ2v) is 4.85. The van der Waals surface area contributed by atoms with Gasteiger partial charge >= 0.3 is 5.97 Å². The minimum Gasteiger partial charge on any atom is -0.486 e. The number of aromatic nitrogens is 1. The number of hydrogen-bond donors (Lipinski definition) is 2. The Morgan fingerprint density at radius 3 is 2.84 bits per heavy atom. The summed E-state index contributed by atoms with van der Waals surface area (Å²) in [5, 5.41) is 12.4. The molecule has 7 heteroatoms. The maximum Gasteiger partial charge on any atom is 0.347 e. The lowest BCUT2D eigenvalue weighted by atomic mass is 10.2. The molecule has 0 amide bonds. The van der Waals surface area contributed by atoms with Gasteiger partial charge in [0.2, 0.25) is 0 Å². The van der Waals surface area contributed by atoms with E-state index in [4.69, 9.17) is 14.6 Å². The van der Waals surface area contributed by atoms with Gasteiger partial charge in [-0.2, -0.15) is 0 Å². The van der Waals surface area contributed by atoms with E-state index in [1.54, 1.807) is 6.07 Å². The Bertz CT molecular complexity index is 626. The molecule has 0 spiro atoms. The predicted molar refractivity (Wildman–Crippen MR) is 69.8 cm³/mol. The molecule has 6 nitrogen and oxygen atoms in total. The van der Waals surface area contributed by atoms with Gasteiger partial charge in [0.1, 0.15) is 18.1 Å². The van der Waals surface area contributed by atoms with Crippen molar-refractivity contribution in [2.75, 3.05) is 18.5 Å². The lowest BCUT2D eigenvalue weighted by Crippen LogP contribution is -2.15. The highest BCUT2D eigenvalue weighted by molar-refractivity contribution is 7.17. The van der Waals surface area contributed by atoms with Crippen molar-refractivity contribution in [1.82, 2.24) is 4.98 Å². The number of ether oxygens (including phenoxy) is 2. The molecule has 3 rings (SSSR count). The molecule has 0 atom stereocenters. The number of hydrogen-bond acceptors (Lipinski definition) is 6. The molecule has 0 aliphatic carbocycles. The summed E-state index contributed by atoms with van der Waals surface area (Å²) < 4.78 is 10.9.